The summed E-state index contributed by atoms with van der Waals surface area (Å²) in [5.41, 5.74) is -0.750. The topological polar surface area (TPSA) is 55.8 Å². The first-order valence-corrected chi connectivity index (χ1v) is 10.7. The van der Waals surface area contributed by atoms with E-state index in [0.717, 1.165) is 12.1 Å². The first-order valence-electron chi connectivity index (χ1n) is 10.7. The fourth-order valence-corrected chi connectivity index (χ4v) is 3.54. The number of hydrogen-bond acceptors (Lipinski definition) is 3. The van der Waals surface area contributed by atoms with Gasteiger partial charge >= 0.3 is 12.1 Å². The standard InChI is InChI=1S/C26H23F5O4/c1-3-25(27,28)22-12-19(26(29,30)31)11-10-17(22)14-34-20-8-5-9-21(13-20)35-15-18-7-4-6-16(2)23(18)24(32)33/h4-13H,3,14-15H2,1-2H3,(H,32,33). The molecule has 0 aliphatic rings. The normalized spacial score (nSPS) is 11.9. The van der Waals surface area contributed by atoms with E-state index >= 15 is 0 Å². The van der Waals surface area contributed by atoms with Gasteiger partial charge in [0.1, 0.15) is 24.7 Å². The van der Waals surface area contributed by atoms with E-state index in [9.17, 15) is 31.9 Å². The number of carboxylic acid groups (broad SMARTS) is 1. The Morgan fingerprint density at radius 3 is 2.03 bits per heavy atom. The zero-order valence-corrected chi connectivity index (χ0v) is 19.0. The van der Waals surface area contributed by atoms with Crippen LogP contribution in [0.1, 0.15) is 51.5 Å². The minimum Gasteiger partial charge on any atom is -0.489 e. The summed E-state index contributed by atoms with van der Waals surface area (Å²) in [7, 11) is 0. The molecule has 0 aliphatic heterocycles. The molecule has 3 rings (SSSR count). The van der Waals surface area contributed by atoms with E-state index in [1.54, 1.807) is 43.3 Å². The third-order valence-corrected chi connectivity index (χ3v) is 5.44. The van der Waals surface area contributed by atoms with Crippen LogP contribution in [0.5, 0.6) is 11.5 Å². The van der Waals surface area contributed by atoms with Gasteiger partial charge < -0.3 is 14.6 Å². The summed E-state index contributed by atoms with van der Waals surface area (Å²) in [4.78, 5) is 11.5. The molecule has 0 aromatic heterocycles. The van der Waals surface area contributed by atoms with Crippen molar-refractivity contribution >= 4 is 5.97 Å². The van der Waals surface area contributed by atoms with Crippen molar-refractivity contribution in [3.05, 3.63) is 94.0 Å². The van der Waals surface area contributed by atoms with Gasteiger partial charge in [-0.1, -0.05) is 37.3 Å². The van der Waals surface area contributed by atoms with Crippen molar-refractivity contribution in [3.63, 3.8) is 0 Å². The second-order valence-corrected chi connectivity index (χ2v) is 7.89. The lowest BCUT2D eigenvalue weighted by Gasteiger charge is -2.21. The molecular formula is C26H23F5O4. The van der Waals surface area contributed by atoms with E-state index in [0.29, 0.717) is 22.9 Å². The Kier molecular flexibility index (Phi) is 7.67. The van der Waals surface area contributed by atoms with Crippen molar-refractivity contribution in [2.24, 2.45) is 0 Å². The maximum Gasteiger partial charge on any atom is 0.416 e. The Morgan fingerprint density at radius 2 is 1.46 bits per heavy atom. The van der Waals surface area contributed by atoms with E-state index in [1.807, 2.05) is 0 Å². The van der Waals surface area contributed by atoms with Crippen molar-refractivity contribution < 1.29 is 41.3 Å². The van der Waals surface area contributed by atoms with Crippen LogP contribution in [0.25, 0.3) is 0 Å². The first-order chi connectivity index (χ1) is 16.4. The van der Waals surface area contributed by atoms with Crippen molar-refractivity contribution in [2.75, 3.05) is 0 Å². The number of carboxylic acids is 1. The summed E-state index contributed by atoms with van der Waals surface area (Å²) in [5, 5.41) is 9.43. The fraction of sp³-hybridized carbons (Fsp3) is 0.269. The first kappa shape index (κ1) is 26.0. The average Bonchev–Trinajstić information content (AvgIpc) is 2.80. The highest BCUT2D eigenvalue weighted by atomic mass is 19.4. The summed E-state index contributed by atoms with van der Waals surface area (Å²) in [6, 6.07) is 13.5. The molecule has 186 valence electrons. The van der Waals surface area contributed by atoms with Crippen LogP contribution in [0.15, 0.2) is 60.7 Å². The molecule has 0 saturated carbocycles. The van der Waals surface area contributed by atoms with Crippen LogP contribution in [0, 0.1) is 6.92 Å². The van der Waals surface area contributed by atoms with E-state index in [2.05, 4.69) is 0 Å². The van der Waals surface area contributed by atoms with Gasteiger partial charge in [-0.25, -0.2) is 13.6 Å². The van der Waals surface area contributed by atoms with E-state index in [4.69, 9.17) is 9.47 Å². The molecule has 0 radical (unpaired) electrons. The zero-order valence-electron chi connectivity index (χ0n) is 19.0. The summed E-state index contributed by atoms with van der Waals surface area (Å²) in [6.07, 6.45) is -5.41. The zero-order chi connectivity index (χ0) is 25.8. The molecule has 35 heavy (non-hydrogen) atoms. The molecular weight excluding hydrogens is 471 g/mol. The number of carbonyl (C=O) groups is 1. The van der Waals surface area contributed by atoms with E-state index in [1.165, 1.54) is 13.0 Å². The van der Waals surface area contributed by atoms with Crippen LogP contribution in [0.3, 0.4) is 0 Å². The third-order valence-electron chi connectivity index (χ3n) is 5.44. The lowest BCUT2D eigenvalue weighted by Crippen LogP contribution is -2.18. The second kappa shape index (κ2) is 10.3. The number of ether oxygens (including phenoxy) is 2. The lowest BCUT2D eigenvalue weighted by molar-refractivity contribution is -0.137. The van der Waals surface area contributed by atoms with Gasteiger partial charge in [0.25, 0.3) is 5.92 Å². The largest absolute Gasteiger partial charge is 0.489 e. The minimum absolute atomic E-state index is 0.0292. The van der Waals surface area contributed by atoms with Crippen LogP contribution in [-0.2, 0) is 25.3 Å². The van der Waals surface area contributed by atoms with Gasteiger partial charge in [-0.05, 0) is 42.3 Å². The Bertz CT molecular complexity index is 1200. The van der Waals surface area contributed by atoms with Gasteiger partial charge in [0.05, 0.1) is 11.1 Å². The molecule has 0 heterocycles. The lowest BCUT2D eigenvalue weighted by atomic mass is 9.97. The smallest absolute Gasteiger partial charge is 0.416 e. The highest BCUT2D eigenvalue weighted by Gasteiger charge is 2.37. The summed E-state index contributed by atoms with van der Waals surface area (Å²) >= 11 is 0. The number of aromatic carboxylic acids is 1. The van der Waals surface area contributed by atoms with Gasteiger partial charge in [0, 0.05) is 23.6 Å². The van der Waals surface area contributed by atoms with Crippen LogP contribution in [0.2, 0.25) is 0 Å². The van der Waals surface area contributed by atoms with E-state index in [-0.39, 0.29) is 30.1 Å². The summed E-state index contributed by atoms with van der Waals surface area (Å²) in [5.74, 6) is -3.95. The van der Waals surface area contributed by atoms with E-state index < -0.39 is 35.6 Å². The molecule has 0 saturated heterocycles. The molecule has 0 unspecified atom stereocenters. The second-order valence-electron chi connectivity index (χ2n) is 7.89. The molecule has 1 N–H and O–H groups in total. The maximum atomic E-state index is 14.4. The Morgan fingerprint density at radius 1 is 0.857 bits per heavy atom. The minimum atomic E-state index is -4.75. The fourth-order valence-electron chi connectivity index (χ4n) is 3.54. The van der Waals surface area contributed by atoms with Gasteiger partial charge in [0.2, 0.25) is 0 Å². The number of hydrogen-bond donors (Lipinski definition) is 1. The molecule has 0 bridgehead atoms. The van der Waals surface area contributed by atoms with Gasteiger partial charge in [-0.3, -0.25) is 0 Å². The monoisotopic (exact) mass is 494 g/mol. The SMILES string of the molecule is CCC(F)(F)c1cc(C(F)(F)F)ccc1COc1cccc(OCc2cccc(C)c2C(=O)O)c1. The molecule has 0 fully saturated rings. The van der Waals surface area contributed by atoms with Gasteiger partial charge in [0.15, 0.2) is 0 Å². The van der Waals surface area contributed by atoms with Crippen molar-refractivity contribution in [3.8, 4) is 11.5 Å². The number of aryl methyl sites for hydroxylation is 1. The van der Waals surface area contributed by atoms with Crippen LogP contribution < -0.4 is 9.47 Å². The van der Waals surface area contributed by atoms with Crippen LogP contribution in [0.4, 0.5) is 22.0 Å². The average molecular weight is 494 g/mol. The van der Waals surface area contributed by atoms with Gasteiger partial charge in [-0.2, -0.15) is 13.2 Å². The van der Waals surface area contributed by atoms with Crippen LogP contribution in [-0.4, -0.2) is 11.1 Å². The Balaban J connectivity index is 1.77. The quantitative estimate of drug-likeness (QED) is 0.316. The molecule has 3 aromatic carbocycles. The predicted octanol–water partition coefficient (Wildman–Crippen LogP) is 7.37. The molecule has 0 amide bonds. The third kappa shape index (κ3) is 6.29. The van der Waals surface area contributed by atoms with Crippen molar-refractivity contribution in [1.29, 1.82) is 0 Å². The predicted molar refractivity (Wildman–Crippen MR) is 119 cm³/mol. The number of halogens is 5. The summed E-state index contributed by atoms with van der Waals surface area (Å²) < 4.78 is 79.2. The summed E-state index contributed by atoms with van der Waals surface area (Å²) in [6.45, 7) is 2.46. The van der Waals surface area contributed by atoms with Crippen molar-refractivity contribution in [1.82, 2.24) is 0 Å². The molecule has 4 nitrogen and oxygen atoms in total. The van der Waals surface area contributed by atoms with Gasteiger partial charge in [-0.15, -0.1) is 0 Å². The Labute approximate surface area is 198 Å². The molecule has 9 heteroatoms. The molecule has 0 aliphatic carbocycles. The highest BCUT2D eigenvalue weighted by Crippen LogP contribution is 2.38. The molecule has 3 aromatic rings. The number of rotatable bonds is 9. The Hall–Kier alpha value is -3.62. The van der Waals surface area contributed by atoms with Crippen LogP contribution >= 0.6 is 0 Å². The highest BCUT2D eigenvalue weighted by molar-refractivity contribution is 5.91. The molecule has 0 atom stereocenters. The number of alkyl halides is 5. The number of benzene rings is 3. The van der Waals surface area contributed by atoms with Crippen molar-refractivity contribution in [2.45, 2.75) is 45.6 Å². The maximum absolute atomic E-state index is 14.4. The molecule has 0 spiro atoms.